The highest BCUT2D eigenvalue weighted by Crippen LogP contribution is 2.12. The Bertz CT molecular complexity index is 1050. The summed E-state index contributed by atoms with van der Waals surface area (Å²) in [5.41, 5.74) is 1.68. The first-order valence-electron chi connectivity index (χ1n) is 12.0. The second-order valence-electron chi connectivity index (χ2n) is 9.15. The summed E-state index contributed by atoms with van der Waals surface area (Å²) in [4.78, 5) is 24.6. The van der Waals surface area contributed by atoms with E-state index in [0.717, 1.165) is 17.4 Å². The second kappa shape index (κ2) is 14.6. The van der Waals surface area contributed by atoms with Gasteiger partial charge in [0.25, 0.3) is 0 Å². The van der Waals surface area contributed by atoms with Gasteiger partial charge >= 0.3 is 6.09 Å². The number of hydrogen-bond acceptors (Lipinski definition) is 6. The summed E-state index contributed by atoms with van der Waals surface area (Å²) in [6.07, 6.45) is 0.126. The predicted octanol–water partition coefficient (Wildman–Crippen LogP) is 2.31. The first kappa shape index (κ1) is 29.3. The van der Waals surface area contributed by atoms with Gasteiger partial charge in [-0.3, -0.25) is 4.79 Å². The van der Waals surface area contributed by atoms with Gasteiger partial charge < -0.3 is 20.5 Å². The Kier molecular flexibility index (Phi) is 11.9. The predicted molar refractivity (Wildman–Crippen MR) is 139 cm³/mol. The van der Waals surface area contributed by atoms with Gasteiger partial charge in [-0.1, -0.05) is 74.5 Å². The number of rotatable bonds is 14. The van der Waals surface area contributed by atoms with Crippen LogP contribution in [0.4, 0.5) is 4.79 Å². The molecule has 9 nitrogen and oxygen atoms in total. The third kappa shape index (κ3) is 11.2. The Hall–Kier alpha value is -2.95. The Morgan fingerprint density at radius 1 is 1.00 bits per heavy atom. The Balaban J connectivity index is 1.99. The molecule has 3 N–H and O–H groups in total. The molecule has 0 unspecified atom stereocenters. The molecule has 2 rings (SSSR count). The van der Waals surface area contributed by atoms with Crippen LogP contribution in [0.5, 0.6) is 0 Å². The molecule has 0 spiro atoms. The van der Waals surface area contributed by atoms with Crippen molar-refractivity contribution >= 4 is 22.0 Å². The number of aliphatic hydroxyl groups excluding tert-OH is 1. The largest absolute Gasteiger partial charge is 0.445 e. The molecule has 0 bridgehead atoms. The number of alkyl carbamates (subject to hydrolysis) is 1. The lowest BCUT2D eigenvalue weighted by molar-refractivity contribution is -0.121. The number of amides is 2. The molecule has 2 aromatic carbocycles. The van der Waals surface area contributed by atoms with E-state index in [1.807, 2.05) is 74.5 Å². The molecule has 0 radical (unpaired) electrons. The smallest absolute Gasteiger partial charge is 0.407 e. The number of aliphatic hydroxyl groups is 1. The minimum absolute atomic E-state index is 0.0708. The molecule has 2 amide bonds. The van der Waals surface area contributed by atoms with E-state index in [4.69, 9.17) is 4.74 Å². The van der Waals surface area contributed by atoms with Crippen LogP contribution in [0.3, 0.4) is 0 Å². The number of carbonyl (C=O) groups excluding carboxylic acids is 2. The van der Waals surface area contributed by atoms with E-state index in [2.05, 4.69) is 10.6 Å². The van der Waals surface area contributed by atoms with E-state index >= 15 is 0 Å². The number of nitrogens with zero attached hydrogens (tertiary/aromatic N) is 1. The van der Waals surface area contributed by atoms with Gasteiger partial charge in [0, 0.05) is 13.1 Å². The summed E-state index contributed by atoms with van der Waals surface area (Å²) in [5, 5.41) is 16.1. The van der Waals surface area contributed by atoms with Crippen molar-refractivity contribution in [3.8, 4) is 0 Å². The molecule has 0 fully saturated rings. The normalized spacial score (nSPS) is 13.3. The minimum atomic E-state index is -3.55. The Morgan fingerprint density at radius 2 is 1.58 bits per heavy atom. The average Bonchev–Trinajstić information content (AvgIpc) is 2.84. The molecule has 36 heavy (non-hydrogen) atoms. The van der Waals surface area contributed by atoms with Crippen molar-refractivity contribution in [1.29, 1.82) is 0 Å². The van der Waals surface area contributed by atoms with Gasteiger partial charge in [-0.15, -0.1) is 0 Å². The minimum Gasteiger partial charge on any atom is -0.445 e. The molecule has 0 aromatic heterocycles. The van der Waals surface area contributed by atoms with Crippen LogP contribution in [0, 0.1) is 5.92 Å². The number of sulfonamides is 1. The maximum atomic E-state index is 12.6. The lowest BCUT2D eigenvalue weighted by atomic mass is 10.0. The van der Waals surface area contributed by atoms with Gasteiger partial charge in [0.05, 0.1) is 18.4 Å². The number of hydrogen-bond donors (Lipinski definition) is 3. The van der Waals surface area contributed by atoms with Crippen LogP contribution in [0.25, 0.3) is 0 Å². The van der Waals surface area contributed by atoms with Crippen LogP contribution >= 0.6 is 0 Å². The van der Waals surface area contributed by atoms with Crippen LogP contribution in [0.1, 0.15) is 31.4 Å². The highest BCUT2D eigenvalue weighted by Gasteiger charge is 2.27. The van der Waals surface area contributed by atoms with Gasteiger partial charge in [0.2, 0.25) is 15.9 Å². The van der Waals surface area contributed by atoms with E-state index < -0.39 is 34.2 Å². The summed E-state index contributed by atoms with van der Waals surface area (Å²) >= 11 is 0. The SMILES string of the molecule is CC(C)CCN(C[C@@H](O)[C@H](Cc1ccccc1)NC(=O)CNC(=O)OCc1ccccc1)S(C)(=O)=O. The van der Waals surface area contributed by atoms with Gasteiger partial charge in [0.1, 0.15) is 13.2 Å². The fourth-order valence-corrected chi connectivity index (χ4v) is 4.33. The fourth-order valence-electron chi connectivity index (χ4n) is 3.47. The average molecular weight is 520 g/mol. The topological polar surface area (TPSA) is 125 Å². The highest BCUT2D eigenvalue weighted by atomic mass is 32.2. The van der Waals surface area contributed by atoms with E-state index in [1.54, 1.807) is 0 Å². The van der Waals surface area contributed by atoms with Crippen LogP contribution < -0.4 is 10.6 Å². The van der Waals surface area contributed by atoms with Crippen molar-refractivity contribution in [2.45, 2.75) is 45.4 Å². The van der Waals surface area contributed by atoms with Crippen molar-refractivity contribution < 1.29 is 27.9 Å². The lowest BCUT2D eigenvalue weighted by Gasteiger charge is -2.29. The fraction of sp³-hybridized carbons (Fsp3) is 0.462. The summed E-state index contributed by atoms with van der Waals surface area (Å²) in [6, 6.07) is 17.6. The lowest BCUT2D eigenvalue weighted by Crippen LogP contribution is -2.52. The monoisotopic (exact) mass is 519 g/mol. The first-order valence-corrected chi connectivity index (χ1v) is 13.8. The summed E-state index contributed by atoms with van der Waals surface area (Å²) < 4.78 is 30.9. The van der Waals surface area contributed by atoms with Gasteiger partial charge in [-0.25, -0.2) is 13.2 Å². The number of benzene rings is 2. The van der Waals surface area contributed by atoms with E-state index in [1.165, 1.54) is 4.31 Å². The zero-order chi connectivity index (χ0) is 26.6. The Labute approximate surface area is 213 Å². The van der Waals surface area contributed by atoms with E-state index in [9.17, 15) is 23.1 Å². The maximum absolute atomic E-state index is 12.6. The Morgan fingerprint density at radius 3 is 2.14 bits per heavy atom. The molecule has 0 heterocycles. The van der Waals surface area contributed by atoms with Crippen molar-refractivity contribution in [3.05, 3.63) is 71.8 Å². The summed E-state index contributed by atoms with van der Waals surface area (Å²) in [7, 11) is -3.55. The highest BCUT2D eigenvalue weighted by molar-refractivity contribution is 7.88. The van der Waals surface area contributed by atoms with Crippen LogP contribution in [-0.2, 0) is 32.6 Å². The van der Waals surface area contributed by atoms with Crippen LogP contribution in [-0.4, -0.2) is 67.9 Å². The number of nitrogens with one attached hydrogen (secondary N) is 2. The molecule has 198 valence electrons. The second-order valence-corrected chi connectivity index (χ2v) is 11.1. The van der Waals surface area contributed by atoms with E-state index in [-0.39, 0.29) is 32.7 Å². The van der Waals surface area contributed by atoms with E-state index in [0.29, 0.717) is 12.3 Å². The molecule has 0 aliphatic heterocycles. The molecule has 2 atom stereocenters. The van der Waals surface area contributed by atoms with Gasteiger partial charge in [0.15, 0.2) is 0 Å². The third-order valence-electron chi connectivity index (χ3n) is 5.53. The van der Waals surface area contributed by atoms with Gasteiger partial charge in [-0.2, -0.15) is 4.31 Å². The van der Waals surface area contributed by atoms with Crippen molar-refractivity contribution in [1.82, 2.24) is 14.9 Å². The third-order valence-corrected chi connectivity index (χ3v) is 6.80. The molecule has 0 aliphatic rings. The standard InChI is InChI=1S/C26H37N3O6S/c1-20(2)14-15-29(36(3,33)34)18-24(30)23(16-21-10-6-4-7-11-21)28-25(31)17-27-26(32)35-19-22-12-8-5-9-13-22/h4-13,20,23-24,30H,14-19H2,1-3H3,(H,27,32)(H,28,31)/t23-,24+/m0/s1. The number of ether oxygens (including phenoxy) is 1. The van der Waals surface area contributed by atoms with Crippen molar-refractivity contribution in [2.75, 3.05) is 25.9 Å². The molecule has 0 saturated heterocycles. The quantitative estimate of drug-likeness (QED) is 0.352. The maximum Gasteiger partial charge on any atom is 0.407 e. The summed E-state index contributed by atoms with van der Waals surface area (Å²) in [6.45, 7) is 3.82. The summed E-state index contributed by atoms with van der Waals surface area (Å²) in [5.74, 6) is -0.237. The molecule has 0 aliphatic carbocycles. The first-order chi connectivity index (χ1) is 17.0. The zero-order valence-electron chi connectivity index (χ0n) is 21.1. The van der Waals surface area contributed by atoms with Crippen LogP contribution in [0.2, 0.25) is 0 Å². The zero-order valence-corrected chi connectivity index (χ0v) is 21.9. The molecule has 0 saturated carbocycles. The van der Waals surface area contributed by atoms with Crippen molar-refractivity contribution in [3.63, 3.8) is 0 Å². The van der Waals surface area contributed by atoms with Crippen molar-refractivity contribution in [2.24, 2.45) is 5.92 Å². The van der Waals surface area contributed by atoms with Crippen LogP contribution in [0.15, 0.2) is 60.7 Å². The number of carbonyl (C=O) groups is 2. The van der Waals surface area contributed by atoms with Gasteiger partial charge in [-0.05, 0) is 29.9 Å². The molecule has 2 aromatic rings. The molecule has 10 heteroatoms. The molecular weight excluding hydrogens is 482 g/mol. The molecular formula is C26H37N3O6S.